The van der Waals surface area contributed by atoms with Gasteiger partial charge in [-0.2, -0.15) is 0 Å². The van der Waals surface area contributed by atoms with Gasteiger partial charge in [0, 0.05) is 78.1 Å². The standard InChI is InChI=1S/C33H30N3.C21H23N2.Ir/c1-22(2)26-12-9-13-27(23(3)4)32(26)35-21-20-34-33(35)24-16-18-25(19-17-24)36-30-14-7-5-10-28(30)29-11-6-8-15-31(29)36;1-15(2)18-11-8-12-19(16(3)4)20(18)23-14-13-22-21(23)17-9-6-5-7-10-17;/h5-16,18-23H,1-4H3;5-9,11-16H,1-4H3;/q2*-1;. The van der Waals surface area contributed by atoms with Gasteiger partial charge in [-0.25, -0.2) is 0 Å². The van der Waals surface area contributed by atoms with Crippen LogP contribution in [-0.2, 0) is 20.1 Å². The Morgan fingerprint density at radius 3 is 1.28 bits per heavy atom. The molecule has 0 aliphatic carbocycles. The molecule has 5 nitrogen and oxygen atoms in total. The summed E-state index contributed by atoms with van der Waals surface area (Å²) in [7, 11) is 0. The molecule has 60 heavy (non-hydrogen) atoms. The van der Waals surface area contributed by atoms with Gasteiger partial charge in [0.2, 0.25) is 0 Å². The van der Waals surface area contributed by atoms with E-state index in [-0.39, 0.29) is 20.1 Å². The largest absolute Gasteiger partial charge is 0.351 e. The molecular formula is C54H53IrN5-2. The van der Waals surface area contributed by atoms with Gasteiger partial charge in [0.05, 0.1) is 11.6 Å². The van der Waals surface area contributed by atoms with Crippen molar-refractivity contribution in [3.63, 3.8) is 0 Å². The SMILES string of the molecule is CC(C)c1cccc(C(C)C)c1-n1ccnc1-c1[c-]cc(-n2c3ccccc3c3ccccc32)cc1.CC(C)c1cccc(C(C)C)c1-n1ccnc1-c1[c-]cccc1.[Ir]. The van der Waals surface area contributed by atoms with Crippen molar-refractivity contribution < 1.29 is 20.1 Å². The van der Waals surface area contributed by atoms with Crippen LogP contribution < -0.4 is 0 Å². The molecule has 3 heterocycles. The number of para-hydroxylation sites is 4. The molecule has 6 aromatic carbocycles. The first-order chi connectivity index (χ1) is 28.6. The van der Waals surface area contributed by atoms with Crippen LogP contribution in [0.4, 0.5) is 0 Å². The minimum atomic E-state index is 0. The molecule has 0 aliphatic rings. The molecule has 305 valence electrons. The van der Waals surface area contributed by atoms with Crippen molar-refractivity contribution in [2.75, 3.05) is 0 Å². The molecule has 0 N–H and O–H groups in total. The summed E-state index contributed by atoms with van der Waals surface area (Å²) in [6.45, 7) is 18.0. The summed E-state index contributed by atoms with van der Waals surface area (Å²) in [4.78, 5) is 9.38. The fourth-order valence-electron chi connectivity index (χ4n) is 8.37. The molecule has 0 fully saturated rings. The summed E-state index contributed by atoms with van der Waals surface area (Å²) in [5, 5.41) is 2.53. The Hall–Kier alpha value is -5.81. The van der Waals surface area contributed by atoms with Gasteiger partial charge in [-0.1, -0.05) is 128 Å². The molecular weight excluding hydrogens is 911 g/mol. The number of hydrogen-bond donors (Lipinski definition) is 0. The average molecular weight is 964 g/mol. The smallest absolute Gasteiger partial charge is 0.0602 e. The Morgan fingerprint density at radius 2 is 0.883 bits per heavy atom. The maximum absolute atomic E-state index is 4.78. The molecule has 0 unspecified atom stereocenters. The van der Waals surface area contributed by atoms with Gasteiger partial charge in [-0.3, -0.25) is 9.97 Å². The Bertz CT molecular complexity index is 2730. The van der Waals surface area contributed by atoms with Crippen LogP contribution in [0.2, 0.25) is 0 Å². The molecule has 0 aliphatic heterocycles. The number of imidazole rings is 2. The summed E-state index contributed by atoms with van der Waals surface area (Å²) in [6.07, 6.45) is 7.91. The first kappa shape index (κ1) is 42.3. The quantitative estimate of drug-likeness (QED) is 0.135. The van der Waals surface area contributed by atoms with Crippen molar-refractivity contribution in [2.24, 2.45) is 0 Å². The van der Waals surface area contributed by atoms with E-state index in [4.69, 9.17) is 4.98 Å². The van der Waals surface area contributed by atoms with Crippen molar-refractivity contribution in [3.8, 4) is 39.8 Å². The van der Waals surface area contributed by atoms with E-state index in [1.165, 1.54) is 55.4 Å². The van der Waals surface area contributed by atoms with Crippen LogP contribution in [0.5, 0.6) is 0 Å². The second-order valence-corrected chi connectivity index (χ2v) is 16.5. The van der Waals surface area contributed by atoms with Gasteiger partial charge in [-0.05, 0) is 63.7 Å². The molecule has 3 aromatic heterocycles. The summed E-state index contributed by atoms with van der Waals surface area (Å²) in [5.74, 6) is 3.60. The Labute approximate surface area is 369 Å². The third-order valence-electron chi connectivity index (χ3n) is 11.3. The van der Waals surface area contributed by atoms with Crippen molar-refractivity contribution in [3.05, 3.63) is 187 Å². The number of aromatic nitrogens is 5. The van der Waals surface area contributed by atoms with Crippen LogP contribution in [0.25, 0.3) is 61.6 Å². The first-order valence-electron chi connectivity index (χ1n) is 20.9. The number of rotatable bonds is 9. The predicted molar refractivity (Wildman–Crippen MR) is 246 cm³/mol. The average Bonchev–Trinajstić information content (AvgIpc) is 4.02. The molecule has 0 saturated heterocycles. The Balaban J connectivity index is 0.000000197. The van der Waals surface area contributed by atoms with E-state index in [2.05, 4.69) is 208 Å². The second-order valence-electron chi connectivity index (χ2n) is 16.5. The molecule has 0 atom stereocenters. The monoisotopic (exact) mass is 964 g/mol. The fraction of sp³-hybridized carbons (Fsp3) is 0.222. The summed E-state index contributed by atoms with van der Waals surface area (Å²) in [6, 6.07) is 51.7. The van der Waals surface area contributed by atoms with Crippen LogP contribution in [0.3, 0.4) is 0 Å². The van der Waals surface area contributed by atoms with E-state index in [1.54, 1.807) is 0 Å². The zero-order valence-corrected chi connectivity index (χ0v) is 38.2. The van der Waals surface area contributed by atoms with Gasteiger partial charge in [-0.15, -0.1) is 65.7 Å². The van der Waals surface area contributed by atoms with E-state index >= 15 is 0 Å². The Kier molecular flexibility index (Phi) is 12.8. The number of nitrogens with zero attached hydrogens (tertiary/aromatic N) is 5. The minimum absolute atomic E-state index is 0. The molecule has 0 amide bonds. The minimum Gasteiger partial charge on any atom is -0.351 e. The van der Waals surface area contributed by atoms with E-state index in [0.29, 0.717) is 23.7 Å². The number of hydrogen-bond acceptors (Lipinski definition) is 2. The van der Waals surface area contributed by atoms with Crippen LogP contribution in [-0.4, -0.2) is 23.7 Å². The second kappa shape index (κ2) is 18.2. The van der Waals surface area contributed by atoms with Crippen LogP contribution in [0.1, 0.15) is 101 Å². The molecule has 9 rings (SSSR count). The Morgan fingerprint density at radius 1 is 0.450 bits per heavy atom. The van der Waals surface area contributed by atoms with Crippen molar-refractivity contribution in [1.29, 1.82) is 0 Å². The molecule has 9 aromatic rings. The maximum Gasteiger partial charge on any atom is 0.0602 e. The van der Waals surface area contributed by atoms with E-state index in [0.717, 1.165) is 28.5 Å². The summed E-state index contributed by atoms with van der Waals surface area (Å²) >= 11 is 0. The van der Waals surface area contributed by atoms with Crippen LogP contribution >= 0.6 is 0 Å². The van der Waals surface area contributed by atoms with E-state index in [9.17, 15) is 0 Å². The molecule has 0 bridgehead atoms. The zero-order valence-electron chi connectivity index (χ0n) is 35.8. The van der Waals surface area contributed by atoms with Crippen molar-refractivity contribution >= 4 is 21.8 Å². The first-order valence-corrected chi connectivity index (χ1v) is 20.9. The van der Waals surface area contributed by atoms with Crippen molar-refractivity contribution in [2.45, 2.75) is 79.1 Å². The van der Waals surface area contributed by atoms with Crippen molar-refractivity contribution in [1.82, 2.24) is 23.7 Å². The topological polar surface area (TPSA) is 40.6 Å². The van der Waals surface area contributed by atoms with Gasteiger partial charge < -0.3 is 13.7 Å². The zero-order chi connectivity index (χ0) is 41.2. The van der Waals surface area contributed by atoms with E-state index < -0.39 is 0 Å². The van der Waals surface area contributed by atoms with Gasteiger partial charge in [0.25, 0.3) is 0 Å². The number of fused-ring (bicyclic) bond motifs is 3. The summed E-state index contributed by atoms with van der Waals surface area (Å²) in [5.41, 5.74) is 13.4. The molecule has 6 heteroatoms. The van der Waals surface area contributed by atoms with Gasteiger partial charge in [0.15, 0.2) is 0 Å². The van der Waals surface area contributed by atoms with E-state index in [1.807, 2.05) is 30.6 Å². The normalized spacial score (nSPS) is 11.5. The number of benzene rings is 6. The van der Waals surface area contributed by atoms with Gasteiger partial charge in [0.1, 0.15) is 0 Å². The third kappa shape index (κ3) is 8.07. The van der Waals surface area contributed by atoms with Gasteiger partial charge >= 0.3 is 0 Å². The predicted octanol–water partition coefficient (Wildman–Crippen LogP) is 14.3. The van der Waals surface area contributed by atoms with Crippen LogP contribution in [0, 0.1) is 12.1 Å². The summed E-state index contributed by atoms with van der Waals surface area (Å²) < 4.78 is 6.79. The molecule has 0 spiro atoms. The third-order valence-corrected chi connectivity index (χ3v) is 11.3. The fourth-order valence-corrected chi connectivity index (χ4v) is 8.37. The maximum atomic E-state index is 4.78. The molecule has 1 radical (unpaired) electrons. The molecule has 0 saturated carbocycles. The van der Waals surface area contributed by atoms with Crippen LogP contribution in [0.15, 0.2) is 152 Å².